The second kappa shape index (κ2) is 7.65. The van der Waals surface area contributed by atoms with Crippen molar-refractivity contribution in [1.82, 2.24) is 9.97 Å². The minimum atomic E-state index is -0.967. The third-order valence-electron chi connectivity index (χ3n) is 3.88. The molecule has 0 amide bonds. The Bertz CT molecular complexity index is 941. The summed E-state index contributed by atoms with van der Waals surface area (Å²) < 4.78 is 0. The number of aryl methyl sites for hydroxylation is 2. The number of hydrogen-bond donors (Lipinski definition) is 3. The molecule has 6 heteroatoms. The molecule has 6 nitrogen and oxygen atoms in total. The Morgan fingerprint density at radius 3 is 2.62 bits per heavy atom. The van der Waals surface area contributed by atoms with E-state index in [-0.39, 0.29) is 5.56 Å². The van der Waals surface area contributed by atoms with Crippen molar-refractivity contribution in [3.05, 3.63) is 71.4 Å². The molecule has 0 saturated carbocycles. The number of anilines is 4. The lowest BCUT2D eigenvalue weighted by Crippen LogP contribution is -2.04. The van der Waals surface area contributed by atoms with Crippen LogP contribution in [0.2, 0.25) is 0 Å². The van der Waals surface area contributed by atoms with Gasteiger partial charge in [-0.2, -0.15) is 4.98 Å². The van der Waals surface area contributed by atoms with E-state index in [1.165, 1.54) is 5.56 Å². The van der Waals surface area contributed by atoms with Gasteiger partial charge in [0.15, 0.2) is 0 Å². The van der Waals surface area contributed by atoms with Crippen LogP contribution in [0.1, 0.15) is 28.5 Å². The molecule has 0 unspecified atom stereocenters. The molecule has 0 aliphatic carbocycles. The van der Waals surface area contributed by atoms with Gasteiger partial charge in [0, 0.05) is 23.1 Å². The Hall–Kier alpha value is -3.41. The molecule has 0 atom stereocenters. The van der Waals surface area contributed by atoms with Crippen molar-refractivity contribution in [2.75, 3.05) is 10.6 Å². The minimum Gasteiger partial charge on any atom is -0.478 e. The highest BCUT2D eigenvalue weighted by molar-refractivity contribution is 5.89. The van der Waals surface area contributed by atoms with Crippen LogP contribution in [0.5, 0.6) is 0 Å². The number of carboxylic acids is 1. The van der Waals surface area contributed by atoms with Gasteiger partial charge >= 0.3 is 5.97 Å². The fourth-order valence-corrected chi connectivity index (χ4v) is 2.64. The molecule has 1 heterocycles. The molecule has 0 bridgehead atoms. The van der Waals surface area contributed by atoms with E-state index in [1.54, 1.807) is 24.3 Å². The van der Waals surface area contributed by atoms with Crippen LogP contribution in [0, 0.1) is 6.92 Å². The summed E-state index contributed by atoms with van der Waals surface area (Å²) in [5, 5.41) is 15.5. The molecular weight excluding hydrogens is 328 g/mol. The van der Waals surface area contributed by atoms with Crippen LogP contribution in [0.3, 0.4) is 0 Å². The van der Waals surface area contributed by atoms with Crippen molar-refractivity contribution in [2.45, 2.75) is 20.3 Å². The first-order chi connectivity index (χ1) is 12.5. The monoisotopic (exact) mass is 348 g/mol. The second-order valence-corrected chi connectivity index (χ2v) is 5.86. The van der Waals surface area contributed by atoms with Crippen molar-refractivity contribution in [1.29, 1.82) is 0 Å². The van der Waals surface area contributed by atoms with E-state index in [0.29, 0.717) is 17.5 Å². The summed E-state index contributed by atoms with van der Waals surface area (Å²) in [5.74, 6) is 0.116. The highest BCUT2D eigenvalue weighted by Crippen LogP contribution is 2.22. The standard InChI is InChI=1S/C20H20N4O2/c1-3-14-7-4-5-10-17(14)23-20-21-13(2)11-18(24-20)22-16-9-6-8-15(12-16)19(25)26/h4-12H,3H2,1-2H3,(H,25,26)(H2,21,22,23,24). The van der Waals surface area contributed by atoms with E-state index in [1.807, 2.05) is 31.2 Å². The predicted molar refractivity (Wildman–Crippen MR) is 103 cm³/mol. The molecule has 0 fully saturated rings. The Morgan fingerprint density at radius 1 is 1.04 bits per heavy atom. The zero-order chi connectivity index (χ0) is 18.5. The smallest absolute Gasteiger partial charge is 0.335 e. The summed E-state index contributed by atoms with van der Waals surface area (Å²) in [6.45, 7) is 3.98. The number of carbonyl (C=O) groups is 1. The third-order valence-corrected chi connectivity index (χ3v) is 3.88. The fourth-order valence-electron chi connectivity index (χ4n) is 2.64. The number of aromatic carboxylic acids is 1. The average Bonchev–Trinajstić information content (AvgIpc) is 2.62. The molecule has 0 spiro atoms. The minimum absolute atomic E-state index is 0.219. The number of benzene rings is 2. The predicted octanol–water partition coefficient (Wildman–Crippen LogP) is 4.53. The number of rotatable bonds is 6. The zero-order valence-electron chi connectivity index (χ0n) is 14.7. The summed E-state index contributed by atoms with van der Waals surface area (Å²) in [6, 6.07) is 16.4. The molecule has 2 aromatic carbocycles. The molecule has 1 aromatic heterocycles. The normalized spacial score (nSPS) is 10.4. The first-order valence-corrected chi connectivity index (χ1v) is 8.36. The van der Waals surface area contributed by atoms with Crippen molar-refractivity contribution < 1.29 is 9.90 Å². The fraction of sp³-hybridized carbons (Fsp3) is 0.150. The van der Waals surface area contributed by atoms with Crippen LogP contribution >= 0.6 is 0 Å². The molecule has 0 saturated heterocycles. The lowest BCUT2D eigenvalue weighted by Gasteiger charge is -2.12. The van der Waals surface area contributed by atoms with Crippen LogP contribution in [0.25, 0.3) is 0 Å². The maximum absolute atomic E-state index is 11.1. The van der Waals surface area contributed by atoms with E-state index in [4.69, 9.17) is 5.11 Å². The Labute approximate surface area is 152 Å². The molecule has 3 N–H and O–H groups in total. The average molecular weight is 348 g/mol. The lowest BCUT2D eigenvalue weighted by atomic mass is 10.1. The number of hydrogen-bond acceptors (Lipinski definition) is 5. The van der Waals surface area contributed by atoms with E-state index in [9.17, 15) is 4.79 Å². The first kappa shape index (κ1) is 17.4. The van der Waals surface area contributed by atoms with Crippen molar-refractivity contribution in [3.63, 3.8) is 0 Å². The maximum Gasteiger partial charge on any atom is 0.335 e. The van der Waals surface area contributed by atoms with Gasteiger partial charge in [0.1, 0.15) is 5.82 Å². The van der Waals surface area contributed by atoms with Gasteiger partial charge < -0.3 is 15.7 Å². The molecule has 0 aliphatic rings. The Morgan fingerprint density at radius 2 is 1.85 bits per heavy atom. The Kier molecular flexibility index (Phi) is 5.12. The Balaban J connectivity index is 1.86. The van der Waals surface area contributed by atoms with E-state index < -0.39 is 5.97 Å². The van der Waals surface area contributed by atoms with Gasteiger partial charge in [-0.05, 0) is 43.2 Å². The number of aromatic nitrogens is 2. The summed E-state index contributed by atoms with van der Waals surface area (Å²) in [5.41, 5.74) is 3.83. The highest BCUT2D eigenvalue weighted by atomic mass is 16.4. The summed E-state index contributed by atoms with van der Waals surface area (Å²) in [7, 11) is 0. The number of carboxylic acid groups (broad SMARTS) is 1. The molecule has 0 radical (unpaired) electrons. The van der Waals surface area contributed by atoms with Gasteiger partial charge in [-0.15, -0.1) is 0 Å². The van der Waals surface area contributed by atoms with Crippen LogP contribution in [0.4, 0.5) is 23.1 Å². The van der Waals surface area contributed by atoms with Gasteiger partial charge in [-0.25, -0.2) is 9.78 Å². The van der Waals surface area contributed by atoms with E-state index in [2.05, 4.69) is 33.6 Å². The second-order valence-electron chi connectivity index (χ2n) is 5.86. The summed E-state index contributed by atoms with van der Waals surface area (Å²) >= 11 is 0. The van der Waals surface area contributed by atoms with Gasteiger partial charge in [0.25, 0.3) is 0 Å². The first-order valence-electron chi connectivity index (χ1n) is 8.36. The largest absolute Gasteiger partial charge is 0.478 e. The number of nitrogens with one attached hydrogen (secondary N) is 2. The van der Waals surface area contributed by atoms with Crippen molar-refractivity contribution in [2.24, 2.45) is 0 Å². The van der Waals surface area contributed by atoms with Crippen molar-refractivity contribution in [3.8, 4) is 0 Å². The van der Waals surface area contributed by atoms with E-state index >= 15 is 0 Å². The molecule has 26 heavy (non-hydrogen) atoms. The molecule has 132 valence electrons. The summed E-state index contributed by atoms with van der Waals surface area (Å²) in [4.78, 5) is 20.0. The topological polar surface area (TPSA) is 87.1 Å². The third kappa shape index (κ3) is 4.16. The van der Waals surface area contributed by atoms with E-state index in [0.717, 1.165) is 17.8 Å². The van der Waals surface area contributed by atoms with Gasteiger partial charge in [-0.3, -0.25) is 0 Å². The van der Waals surface area contributed by atoms with Gasteiger partial charge in [0.2, 0.25) is 5.95 Å². The molecular formula is C20H20N4O2. The number of para-hydroxylation sites is 1. The van der Waals surface area contributed by atoms with Crippen LogP contribution in [-0.4, -0.2) is 21.0 Å². The number of nitrogens with zero attached hydrogens (tertiary/aromatic N) is 2. The lowest BCUT2D eigenvalue weighted by molar-refractivity contribution is 0.0697. The zero-order valence-corrected chi connectivity index (χ0v) is 14.7. The van der Waals surface area contributed by atoms with Crippen LogP contribution in [-0.2, 0) is 6.42 Å². The molecule has 3 aromatic rings. The van der Waals surface area contributed by atoms with Crippen molar-refractivity contribution >= 4 is 29.1 Å². The van der Waals surface area contributed by atoms with Crippen LogP contribution < -0.4 is 10.6 Å². The quantitative estimate of drug-likeness (QED) is 0.606. The maximum atomic E-state index is 11.1. The molecule has 3 rings (SSSR count). The van der Waals surface area contributed by atoms with Crippen LogP contribution in [0.15, 0.2) is 54.6 Å². The summed E-state index contributed by atoms with van der Waals surface area (Å²) in [6.07, 6.45) is 0.905. The molecule has 0 aliphatic heterocycles. The van der Waals surface area contributed by atoms with Gasteiger partial charge in [-0.1, -0.05) is 31.2 Å². The SMILES string of the molecule is CCc1ccccc1Nc1nc(C)cc(Nc2cccc(C(=O)O)c2)n1. The highest BCUT2D eigenvalue weighted by Gasteiger charge is 2.07. The van der Waals surface area contributed by atoms with Gasteiger partial charge in [0.05, 0.1) is 5.56 Å².